The highest BCUT2D eigenvalue weighted by molar-refractivity contribution is 7.92. The summed E-state index contributed by atoms with van der Waals surface area (Å²) in [6.45, 7) is 6.60. The van der Waals surface area contributed by atoms with Crippen molar-refractivity contribution in [2.45, 2.75) is 50.5 Å². The van der Waals surface area contributed by atoms with Crippen molar-refractivity contribution in [3.63, 3.8) is 0 Å². The highest BCUT2D eigenvalue weighted by Crippen LogP contribution is 2.25. The summed E-state index contributed by atoms with van der Waals surface area (Å²) in [5.74, 6) is -0.0310. The summed E-state index contributed by atoms with van der Waals surface area (Å²) < 4.78 is 32.7. The molecule has 8 nitrogen and oxygen atoms in total. The van der Waals surface area contributed by atoms with Gasteiger partial charge in [0.15, 0.2) is 0 Å². The van der Waals surface area contributed by atoms with Crippen molar-refractivity contribution in [3.05, 3.63) is 54.6 Å². The molecule has 0 atom stereocenters. The molecule has 184 valence electrons. The van der Waals surface area contributed by atoms with Crippen molar-refractivity contribution in [1.82, 2.24) is 4.90 Å². The summed E-state index contributed by atoms with van der Waals surface area (Å²) in [5.41, 5.74) is 0.444. The van der Waals surface area contributed by atoms with E-state index in [1.54, 1.807) is 41.3 Å². The fraction of sp³-hybridized carbons (Fsp3) is 0.440. The number of carbonyl (C=O) groups is 2. The number of piperidine rings is 1. The number of carbonyl (C=O) groups excluding carboxylic acids is 2. The lowest BCUT2D eigenvalue weighted by atomic mass is 9.93. The summed E-state index contributed by atoms with van der Waals surface area (Å²) >= 11 is 0. The van der Waals surface area contributed by atoms with Gasteiger partial charge in [-0.3, -0.25) is 9.10 Å². The van der Waals surface area contributed by atoms with Crippen LogP contribution in [0.1, 0.15) is 40.0 Å². The molecule has 0 radical (unpaired) electrons. The van der Waals surface area contributed by atoms with E-state index >= 15 is 0 Å². The quantitative estimate of drug-likeness (QED) is 0.648. The molecular weight excluding hydrogens is 454 g/mol. The maximum Gasteiger partial charge on any atom is 0.410 e. The SMILES string of the molecule is CN(c1ccccc1)S(=O)(=O)c1cccc(NC(=O)CC2CCN(C(=O)OC(C)(C)C)CC2)c1. The molecule has 1 heterocycles. The van der Waals surface area contributed by atoms with Crippen LogP contribution in [0.15, 0.2) is 59.5 Å². The zero-order valence-electron chi connectivity index (χ0n) is 20.2. The average Bonchev–Trinajstić information content (AvgIpc) is 2.78. The van der Waals surface area contributed by atoms with Crippen molar-refractivity contribution < 1.29 is 22.7 Å². The highest BCUT2D eigenvalue weighted by atomic mass is 32.2. The Morgan fingerprint density at radius 1 is 1.06 bits per heavy atom. The maximum atomic E-state index is 13.0. The second kappa shape index (κ2) is 10.5. The van der Waals surface area contributed by atoms with E-state index in [1.807, 2.05) is 26.8 Å². The van der Waals surface area contributed by atoms with E-state index in [1.165, 1.54) is 23.5 Å². The van der Waals surface area contributed by atoms with E-state index in [0.29, 0.717) is 43.7 Å². The van der Waals surface area contributed by atoms with Gasteiger partial charge in [-0.1, -0.05) is 24.3 Å². The number of anilines is 2. The number of likely N-dealkylation sites (tertiary alicyclic amines) is 1. The molecule has 2 amide bonds. The molecule has 34 heavy (non-hydrogen) atoms. The molecule has 2 aromatic carbocycles. The first-order valence-corrected chi connectivity index (χ1v) is 12.8. The Hall–Kier alpha value is -3.07. The molecule has 1 N–H and O–H groups in total. The number of amides is 2. The number of para-hydroxylation sites is 1. The molecule has 1 aliphatic heterocycles. The van der Waals surface area contributed by atoms with Crippen LogP contribution in [0.2, 0.25) is 0 Å². The number of sulfonamides is 1. The molecule has 2 aromatic rings. The zero-order valence-corrected chi connectivity index (χ0v) is 21.0. The van der Waals surface area contributed by atoms with E-state index in [4.69, 9.17) is 4.74 Å². The Morgan fingerprint density at radius 3 is 2.32 bits per heavy atom. The molecule has 9 heteroatoms. The van der Waals surface area contributed by atoms with E-state index < -0.39 is 15.6 Å². The number of hydrogen-bond acceptors (Lipinski definition) is 5. The molecule has 1 fully saturated rings. The van der Waals surface area contributed by atoms with Gasteiger partial charge in [0, 0.05) is 32.2 Å². The predicted octanol–water partition coefficient (Wildman–Crippen LogP) is 4.49. The number of rotatable bonds is 6. The van der Waals surface area contributed by atoms with Gasteiger partial charge in [0.1, 0.15) is 5.60 Å². The first-order chi connectivity index (χ1) is 16.0. The fourth-order valence-electron chi connectivity index (χ4n) is 3.79. The molecular formula is C25H33N3O5S. The van der Waals surface area contributed by atoms with E-state index in [0.717, 1.165) is 0 Å². The molecule has 0 aliphatic carbocycles. The van der Waals surface area contributed by atoms with Crippen molar-refractivity contribution in [3.8, 4) is 0 Å². The van der Waals surface area contributed by atoms with E-state index in [9.17, 15) is 18.0 Å². The molecule has 3 rings (SSSR count). The van der Waals surface area contributed by atoms with Gasteiger partial charge in [0.05, 0.1) is 10.6 Å². The summed E-state index contributed by atoms with van der Waals surface area (Å²) in [6.07, 6.45) is 1.41. The number of ether oxygens (including phenoxy) is 1. The van der Waals surface area contributed by atoms with Crippen LogP contribution in [-0.4, -0.2) is 51.1 Å². The van der Waals surface area contributed by atoms with Gasteiger partial charge in [-0.15, -0.1) is 0 Å². The van der Waals surface area contributed by atoms with Crippen LogP contribution < -0.4 is 9.62 Å². The summed E-state index contributed by atoms with van der Waals surface area (Å²) in [5, 5.41) is 2.82. The molecule has 0 unspecified atom stereocenters. The fourth-order valence-corrected chi connectivity index (χ4v) is 5.03. The van der Waals surface area contributed by atoms with Gasteiger partial charge in [0.25, 0.3) is 10.0 Å². The molecule has 1 saturated heterocycles. The topological polar surface area (TPSA) is 96.0 Å². The summed E-state index contributed by atoms with van der Waals surface area (Å²) in [6, 6.07) is 15.1. The largest absolute Gasteiger partial charge is 0.444 e. The monoisotopic (exact) mass is 487 g/mol. The standard InChI is InChI=1S/C25H33N3O5S/c1-25(2,3)33-24(30)28-15-13-19(14-16-28)17-23(29)26-20-9-8-12-22(18-20)34(31,32)27(4)21-10-6-5-7-11-21/h5-12,18-19H,13-17H2,1-4H3,(H,26,29). The second-order valence-electron chi connectivity index (χ2n) is 9.50. The van der Waals surface area contributed by atoms with E-state index in [2.05, 4.69) is 5.32 Å². The average molecular weight is 488 g/mol. The van der Waals surface area contributed by atoms with Gasteiger partial charge in [-0.2, -0.15) is 0 Å². The lowest BCUT2D eigenvalue weighted by Crippen LogP contribution is -2.42. The third-order valence-electron chi connectivity index (χ3n) is 5.64. The van der Waals surface area contributed by atoms with Gasteiger partial charge in [-0.25, -0.2) is 13.2 Å². The minimum Gasteiger partial charge on any atom is -0.444 e. The first-order valence-electron chi connectivity index (χ1n) is 11.4. The first kappa shape index (κ1) is 25.6. The van der Waals surface area contributed by atoms with Gasteiger partial charge in [-0.05, 0) is 69.9 Å². The van der Waals surface area contributed by atoms with Crippen molar-refractivity contribution in [2.75, 3.05) is 29.8 Å². The van der Waals surface area contributed by atoms with Crippen molar-refractivity contribution >= 4 is 33.4 Å². The van der Waals surface area contributed by atoms with Gasteiger partial charge >= 0.3 is 6.09 Å². The van der Waals surface area contributed by atoms with E-state index in [-0.39, 0.29) is 22.8 Å². The minimum atomic E-state index is -3.77. The molecule has 0 aromatic heterocycles. The Balaban J connectivity index is 1.56. The number of nitrogens with one attached hydrogen (secondary N) is 1. The minimum absolute atomic E-state index is 0.0994. The molecule has 1 aliphatic rings. The van der Waals surface area contributed by atoms with Crippen molar-refractivity contribution in [1.29, 1.82) is 0 Å². The smallest absolute Gasteiger partial charge is 0.410 e. The van der Waals surface area contributed by atoms with Crippen molar-refractivity contribution in [2.24, 2.45) is 5.92 Å². The number of benzene rings is 2. The van der Waals surface area contributed by atoms with Crippen LogP contribution in [0, 0.1) is 5.92 Å². The van der Waals surface area contributed by atoms with Crippen LogP contribution in [0.25, 0.3) is 0 Å². The predicted molar refractivity (Wildman–Crippen MR) is 132 cm³/mol. The third-order valence-corrected chi connectivity index (χ3v) is 7.42. The Bertz CT molecular complexity index is 1100. The molecule has 0 saturated carbocycles. The molecule has 0 bridgehead atoms. The molecule has 0 spiro atoms. The lowest BCUT2D eigenvalue weighted by Gasteiger charge is -2.33. The van der Waals surface area contributed by atoms with Crippen LogP contribution in [-0.2, 0) is 19.6 Å². The summed E-state index contributed by atoms with van der Waals surface area (Å²) in [4.78, 5) is 26.6. The zero-order chi connectivity index (χ0) is 24.9. The Kier molecular flexibility index (Phi) is 7.86. The second-order valence-corrected chi connectivity index (χ2v) is 11.5. The van der Waals surface area contributed by atoms with Gasteiger partial charge < -0.3 is 15.0 Å². The number of nitrogens with zero attached hydrogens (tertiary/aromatic N) is 2. The van der Waals surface area contributed by atoms with Crippen LogP contribution >= 0.6 is 0 Å². The third kappa shape index (κ3) is 6.72. The van der Waals surface area contributed by atoms with Crippen LogP contribution in [0.5, 0.6) is 0 Å². The Morgan fingerprint density at radius 2 is 1.71 bits per heavy atom. The highest BCUT2D eigenvalue weighted by Gasteiger charge is 2.28. The summed E-state index contributed by atoms with van der Waals surface area (Å²) in [7, 11) is -2.27. The normalized spacial score (nSPS) is 15.0. The van der Waals surface area contributed by atoms with Crippen LogP contribution in [0.4, 0.5) is 16.2 Å². The van der Waals surface area contributed by atoms with Gasteiger partial charge in [0.2, 0.25) is 5.91 Å². The maximum absolute atomic E-state index is 13.0. The Labute approximate surface area is 201 Å². The van der Waals surface area contributed by atoms with Crippen LogP contribution in [0.3, 0.4) is 0 Å². The lowest BCUT2D eigenvalue weighted by molar-refractivity contribution is -0.117. The number of hydrogen-bond donors (Lipinski definition) is 1.